The van der Waals surface area contributed by atoms with E-state index in [-0.39, 0.29) is 30.2 Å². The van der Waals surface area contributed by atoms with E-state index in [4.69, 9.17) is 20.3 Å². The summed E-state index contributed by atoms with van der Waals surface area (Å²) in [5.41, 5.74) is 0.678. The van der Waals surface area contributed by atoms with Crippen LogP contribution in [0.25, 0.3) is 0 Å². The third kappa shape index (κ3) is 6.17. The highest BCUT2D eigenvalue weighted by molar-refractivity contribution is 6.15. The molecule has 0 amide bonds. The van der Waals surface area contributed by atoms with Gasteiger partial charge in [0.1, 0.15) is 18.0 Å². The van der Waals surface area contributed by atoms with Crippen molar-refractivity contribution in [1.82, 2.24) is 9.97 Å². The highest BCUT2D eigenvalue weighted by atomic mass is 19.1. The Morgan fingerprint density at radius 2 is 2.18 bits per heavy atom. The van der Waals surface area contributed by atoms with E-state index in [0.717, 1.165) is 25.0 Å². The fourth-order valence-corrected chi connectivity index (χ4v) is 3.01. The molecule has 0 bridgehead atoms. The van der Waals surface area contributed by atoms with Crippen molar-refractivity contribution in [3.05, 3.63) is 30.0 Å². The lowest BCUT2D eigenvalue weighted by Gasteiger charge is -2.32. The van der Waals surface area contributed by atoms with E-state index >= 15 is 0 Å². The molecule has 154 valence electrons. The number of anilines is 1. The molecule has 28 heavy (non-hydrogen) atoms. The molecule has 1 aromatic heterocycles. The van der Waals surface area contributed by atoms with Crippen molar-refractivity contribution in [1.29, 1.82) is 10.8 Å². The van der Waals surface area contributed by atoms with Gasteiger partial charge in [0, 0.05) is 30.8 Å². The number of hydrogen-bond donors (Lipinski definition) is 2. The van der Waals surface area contributed by atoms with E-state index in [9.17, 15) is 4.39 Å². The van der Waals surface area contributed by atoms with Crippen molar-refractivity contribution in [3.63, 3.8) is 0 Å². The largest absolute Gasteiger partial charge is 0.375 e. The Morgan fingerprint density at radius 3 is 2.82 bits per heavy atom. The normalized spacial score (nSPS) is 19.0. The third-order valence-corrected chi connectivity index (χ3v) is 4.49. The SMILES string of the molecule is CCC(C(=N)/C=C(/F)COC(C)C)C(=N)c1cc(N2CCOC(C)C2)ncn1. The first-order chi connectivity index (χ1) is 13.3. The van der Waals surface area contributed by atoms with Crippen LogP contribution in [0.15, 0.2) is 24.3 Å². The van der Waals surface area contributed by atoms with Crippen LogP contribution in [0.2, 0.25) is 0 Å². The quantitative estimate of drug-likeness (QED) is 0.629. The van der Waals surface area contributed by atoms with E-state index in [1.807, 2.05) is 27.7 Å². The number of halogens is 1. The number of morpholine rings is 1. The van der Waals surface area contributed by atoms with Gasteiger partial charge in [0.25, 0.3) is 0 Å². The molecule has 2 unspecified atom stereocenters. The van der Waals surface area contributed by atoms with Crippen LogP contribution < -0.4 is 4.90 Å². The lowest BCUT2D eigenvalue weighted by Crippen LogP contribution is -2.41. The minimum atomic E-state index is -0.545. The number of allylic oxidation sites excluding steroid dienone is 1. The molecule has 2 N–H and O–H groups in total. The Morgan fingerprint density at radius 1 is 1.43 bits per heavy atom. The molecule has 0 spiro atoms. The summed E-state index contributed by atoms with van der Waals surface area (Å²) in [4.78, 5) is 10.6. The average molecular weight is 391 g/mol. The van der Waals surface area contributed by atoms with E-state index in [1.165, 1.54) is 6.33 Å². The van der Waals surface area contributed by atoms with E-state index in [1.54, 1.807) is 6.07 Å². The van der Waals surface area contributed by atoms with Gasteiger partial charge in [-0.15, -0.1) is 0 Å². The summed E-state index contributed by atoms with van der Waals surface area (Å²) < 4.78 is 24.8. The Kier molecular flexibility index (Phi) is 8.19. The topological polar surface area (TPSA) is 95.2 Å². The monoisotopic (exact) mass is 391 g/mol. The Bertz CT molecular complexity index is 722. The Balaban J connectivity index is 2.12. The zero-order valence-corrected chi connectivity index (χ0v) is 17.0. The first kappa shape index (κ1) is 22.1. The second-order valence-electron chi connectivity index (χ2n) is 7.17. The van der Waals surface area contributed by atoms with Gasteiger partial charge < -0.3 is 25.2 Å². The van der Waals surface area contributed by atoms with E-state index < -0.39 is 11.7 Å². The van der Waals surface area contributed by atoms with Crippen molar-refractivity contribution in [3.8, 4) is 0 Å². The second kappa shape index (κ2) is 10.4. The number of ether oxygens (including phenoxy) is 2. The molecule has 0 saturated carbocycles. The molecule has 2 heterocycles. The fourth-order valence-electron chi connectivity index (χ4n) is 3.01. The van der Waals surface area contributed by atoms with Crippen LogP contribution >= 0.6 is 0 Å². The maximum Gasteiger partial charge on any atom is 0.132 e. The Hall–Kier alpha value is -2.19. The Labute approximate surface area is 166 Å². The molecule has 0 radical (unpaired) electrons. The predicted octanol–water partition coefficient (Wildman–Crippen LogP) is 3.39. The predicted molar refractivity (Wildman–Crippen MR) is 108 cm³/mol. The summed E-state index contributed by atoms with van der Waals surface area (Å²) in [5.74, 6) is -0.329. The molecule has 2 rings (SSSR count). The summed E-state index contributed by atoms with van der Waals surface area (Å²) >= 11 is 0. The standard InChI is InChI=1S/C20H30FN5O2/c1-5-16(17(22)8-15(21)11-28-13(2)3)20(23)18-9-19(25-12-24-18)26-6-7-27-14(4)10-26/h8-9,12-14,16,22-23H,5-7,10-11H2,1-4H3/b15-8+,22-17?,23-20?. The van der Waals surface area contributed by atoms with Gasteiger partial charge >= 0.3 is 0 Å². The molecule has 8 heteroatoms. The van der Waals surface area contributed by atoms with Gasteiger partial charge in [0.05, 0.1) is 36.8 Å². The molecule has 0 aromatic carbocycles. The van der Waals surface area contributed by atoms with Gasteiger partial charge in [-0.25, -0.2) is 14.4 Å². The lowest BCUT2D eigenvalue weighted by molar-refractivity contribution is 0.0529. The smallest absolute Gasteiger partial charge is 0.132 e. The van der Waals surface area contributed by atoms with Gasteiger partial charge in [-0.2, -0.15) is 0 Å². The van der Waals surface area contributed by atoms with Gasteiger partial charge in [0.2, 0.25) is 0 Å². The molecular weight excluding hydrogens is 361 g/mol. The number of nitrogens with one attached hydrogen (secondary N) is 2. The van der Waals surface area contributed by atoms with Crippen molar-refractivity contribution in [2.24, 2.45) is 5.92 Å². The number of hydrogen-bond acceptors (Lipinski definition) is 7. The maximum absolute atomic E-state index is 14.0. The summed E-state index contributed by atoms with van der Waals surface area (Å²) in [7, 11) is 0. The van der Waals surface area contributed by atoms with Gasteiger partial charge in [-0.05, 0) is 33.3 Å². The molecule has 1 saturated heterocycles. The zero-order chi connectivity index (χ0) is 20.7. The zero-order valence-electron chi connectivity index (χ0n) is 17.0. The number of rotatable bonds is 9. The van der Waals surface area contributed by atoms with Crippen LogP contribution in [0.3, 0.4) is 0 Å². The summed E-state index contributed by atoms with van der Waals surface area (Å²) in [5, 5.41) is 16.8. The number of nitrogens with zero attached hydrogens (tertiary/aromatic N) is 3. The highest BCUT2D eigenvalue weighted by Crippen LogP contribution is 2.19. The van der Waals surface area contributed by atoms with Gasteiger partial charge in [-0.3, -0.25) is 0 Å². The van der Waals surface area contributed by atoms with Crippen LogP contribution in [0.5, 0.6) is 0 Å². The molecule has 1 fully saturated rings. The van der Waals surface area contributed by atoms with Crippen LogP contribution in [0.4, 0.5) is 10.2 Å². The fraction of sp³-hybridized carbons (Fsp3) is 0.600. The highest BCUT2D eigenvalue weighted by Gasteiger charge is 2.23. The maximum atomic E-state index is 14.0. The molecule has 1 aromatic rings. The van der Waals surface area contributed by atoms with Crippen molar-refractivity contribution < 1.29 is 13.9 Å². The summed E-state index contributed by atoms with van der Waals surface area (Å²) in [6.07, 6.45) is 3.11. The first-order valence-corrected chi connectivity index (χ1v) is 9.65. The van der Waals surface area contributed by atoms with E-state index in [2.05, 4.69) is 14.9 Å². The summed E-state index contributed by atoms with van der Waals surface area (Å²) in [6.45, 7) is 9.44. The number of aromatic nitrogens is 2. The van der Waals surface area contributed by atoms with Crippen LogP contribution in [0.1, 0.15) is 39.8 Å². The molecule has 1 aliphatic rings. The molecular formula is C20H30FN5O2. The molecule has 2 atom stereocenters. The minimum Gasteiger partial charge on any atom is -0.375 e. The first-order valence-electron chi connectivity index (χ1n) is 9.65. The summed E-state index contributed by atoms with van der Waals surface area (Å²) in [6, 6.07) is 1.76. The molecule has 7 nitrogen and oxygen atoms in total. The van der Waals surface area contributed by atoms with Gasteiger partial charge in [0.15, 0.2) is 0 Å². The molecule has 1 aliphatic heterocycles. The molecule has 0 aliphatic carbocycles. The van der Waals surface area contributed by atoms with Crippen LogP contribution in [0, 0.1) is 16.7 Å². The van der Waals surface area contributed by atoms with E-state index in [0.29, 0.717) is 18.7 Å². The lowest BCUT2D eigenvalue weighted by atomic mass is 9.92. The van der Waals surface area contributed by atoms with Crippen molar-refractivity contribution in [2.75, 3.05) is 31.2 Å². The minimum absolute atomic E-state index is 0.0394. The van der Waals surface area contributed by atoms with Crippen molar-refractivity contribution in [2.45, 2.75) is 46.3 Å². The van der Waals surface area contributed by atoms with Crippen LogP contribution in [-0.4, -0.2) is 59.9 Å². The second-order valence-corrected chi connectivity index (χ2v) is 7.17. The van der Waals surface area contributed by atoms with Crippen molar-refractivity contribution >= 4 is 17.2 Å². The van der Waals surface area contributed by atoms with Gasteiger partial charge in [-0.1, -0.05) is 6.92 Å². The average Bonchev–Trinajstić information content (AvgIpc) is 2.67. The van der Waals surface area contributed by atoms with Crippen LogP contribution in [-0.2, 0) is 9.47 Å². The third-order valence-electron chi connectivity index (χ3n) is 4.49.